The van der Waals surface area contributed by atoms with Crippen molar-refractivity contribution in [3.63, 3.8) is 0 Å². The van der Waals surface area contributed by atoms with E-state index in [0.29, 0.717) is 5.25 Å². The minimum Gasteiger partial charge on any atom is -0.394 e. The molecule has 0 rings (SSSR count). The van der Waals surface area contributed by atoms with Crippen molar-refractivity contribution in [3.8, 4) is 0 Å². The fourth-order valence-corrected chi connectivity index (χ4v) is 2.71. The Morgan fingerprint density at radius 2 is 2.14 bits per heavy atom. The molecule has 14 heavy (non-hydrogen) atoms. The van der Waals surface area contributed by atoms with Crippen molar-refractivity contribution in [2.45, 2.75) is 50.8 Å². The zero-order valence-electron chi connectivity index (χ0n) is 9.97. The Kier molecular flexibility index (Phi) is 7.69. The van der Waals surface area contributed by atoms with E-state index in [-0.39, 0.29) is 12.1 Å². The highest BCUT2D eigenvalue weighted by molar-refractivity contribution is 7.99. The van der Waals surface area contributed by atoms with Crippen LogP contribution in [-0.2, 0) is 0 Å². The van der Waals surface area contributed by atoms with E-state index in [1.165, 1.54) is 18.6 Å². The molecule has 0 aromatic carbocycles. The SMILES string of the molecule is CCCCSC(C)CC(C)(CO)NC. The Labute approximate surface area is 92.9 Å². The first-order valence-electron chi connectivity index (χ1n) is 5.49. The van der Waals surface area contributed by atoms with Crippen LogP contribution in [0.5, 0.6) is 0 Å². The monoisotopic (exact) mass is 219 g/mol. The molecule has 0 bridgehead atoms. The largest absolute Gasteiger partial charge is 0.394 e. The molecule has 0 aliphatic heterocycles. The maximum absolute atomic E-state index is 9.23. The Hall–Kier alpha value is 0.270. The van der Waals surface area contributed by atoms with E-state index in [0.717, 1.165) is 6.42 Å². The molecule has 2 nitrogen and oxygen atoms in total. The number of unbranched alkanes of at least 4 members (excludes halogenated alkanes) is 1. The molecule has 0 aromatic heterocycles. The number of likely N-dealkylation sites (N-methyl/N-ethyl adjacent to an activating group) is 1. The molecular weight excluding hydrogens is 194 g/mol. The number of thioether (sulfide) groups is 1. The van der Waals surface area contributed by atoms with Gasteiger partial charge in [-0.25, -0.2) is 0 Å². The maximum atomic E-state index is 9.23. The third kappa shape index (κ3) is 5.89. The van der Waals surface area contributed by atoms with E-state index in [2.05, 4.69) is 26.1 Å². The molecule has 0 amide bonds. The summed E-state index contributed by atoms with van der Waals surface area (Å²) in [5, 5.41) is 13.0. The number of hydrogen-bond donors (Lipinski definition) is 2. The second kappa shape index (κ2) is 7.55. The smallest absolute Gasteiger partial charge is 0.0610 e. The molecule has 0 saturated carbocycles. The zero-order chi connectivity index (χ0) is 11.0. The van der Waals surface area contributed by atoms with Crippen molar-refractivity contribution in [3.05, 3.63) is 0 Å². The van der Waals surface area contributed by atoms with E-state index >= 15 is 0 Å². The molecule has 0 spiro atoms. The molecule has 0 aromatic rings. The van der Waals surface area contributed by atoms with Crippen LogP contribution in [0.3, 0.4) is 0 Å². The van der Waals surface area contributed by atoms with Crippen LogP contribution in [0.15, 0.2) is 0 Å². The molecule has 0 heterocycles. The summed E-state index contributed by atoms with van der Waals surface area (Å²) >= 11 is 2.01. The molecule has 2 atom stereocenters. The van der Waals surface area contributed by atoms with Gasteiger partial charge in [-0.05, 0) is 32.6 Å². The predicted octanol–water partition coefficient (Wildman–Crippen LogP) is 2.27. The number of nitrogens with one attached hydrogen (secondary N) is 1. The van der Waals surface area contributed by atoms with Crippen LogP contribution in [-0.4, -0.2) is 35.3 Å². The van der Waals surface area contributed by atoms with E-state index in [9.17, 15) is 5.11 Å². The molecule has 0 saturated heterocycles. The molecule has 0 fully saturated rings. The maximum Gasteiger partial charge on any atom is 0.0610 e. The summed E-state index contributed by atoms with van der Waals surface area (Å²) in [6, 6.07) is 0. The molecular formula is C11H25NOS. The lowest BCUT2D eigenvalue weighted by Gasteiger charge is -2.29. The lowest BCUT2D eigenvalue weighted by atomic mass is 9.97. The van der Waals surface area contributed by atoms with E-state index in [1.54, 1.807) is 0 Å². The number of aliphatic hydroxyl groups is 1. The molecule has 86 valence electrons. The van der Waals surface area contributed by atoms with Crippen LogP contribution in [0, 0.1) is 0 Å². The highest BCUT2D eigenvalue weighted by Crippen LogP contribution is 2.22. The van der Waals surface area contributed by atoms with Crippen molar-refractivity contribution < 1.29 is 5.11 Å². The predicted molar refractivity (Wildman–Crippen MR) is 66.0 cm³/mol. The summed E-state index contributed by atoms with van der Waals surface area (Å²) in [7, 11) is 1.92. The second-order valence-electron chi connectivity index (χ2n) is 4.21. The van der Waals surface area contributed by atoms with Gasteiger partial charge >= 0.3 is 0 Å². The van der Waals surface area contributed by atoms with E-state index < -0.39 is 0 Å². The van der Waals surface area contributed by atoms with E-state index in [4.69, 9.17) is 0 Å². The van der Waals surface area contributed by atoms with Gasteiger partial charge in [-0.3, -0.25) is 0 Å². The van der Waals surface area contributed by atoms with Crippen molar-refractivity contribution in [2.75, 3.05) is 19.4 Å². The van der Waals surface area contributed by atoms with Gasteiger partial charge in [-0.15, -0.1) is 0 Å². The van der Waals surface area contributed by atoms with Gasteiger partial charge in [-0.1, -0.05) is 20.3 Å². The van der Waals surface area contributed by atoms with Crippen LogP contribution < -0.4 is 5.32 Å². The highest BCUT2D eigenvalue weighted by Gasteiger charge is 2.23. The van der Waals surface area contributed by atoms with Crippen molar-refractivity contribution in [1.29, 1.82) is 0 Å². The van der Waals surface area contributed by atoms with Gasteiger partial charge in [0.2, 0.25) is 0 Å². The molecule has 3 heteroatoms. The zero-order valence-corrected chi connectivity index (χ0v) is 10.8. The Morgan fingerprint density at radius 1 is 1.50 bits per heavy atom. The molecule has 2 unspecified atom stereocenters. The molecule has 0 aliphatic rings. The first-order chi connectivity index (χ1) is 6.58. The van der Waals surface area contributed by atoms with Crippen LogP contribution in [0.2, 0.25) is 0 Å². The third-order valence-corrected chi connectivity index (χ3v) is 3.85. The Balaban J connectivity index is 3.73. The summed E-state index contributed by atoms with van der Waals surface area (Å²) in [5.41, 5.74) is -0.112. The molecule has 0 aliphatic carbocycles. The molecule has 0 radical (unpaired) electrons. The van der Waals surface area contributed by atoms with Crippen molar-refractivity contribution >= 4 is 11.8 Å². The first kappa shape index (κ1) is 14.3. The normalized spacial score (nSPS) is 17.8. The second-order valence-corrected chi connectivity index (χ2v) is 5.75. The quantitative estimate of drug-likeness (QED) is 0.614. The fraction of sp³-hybridized carbons (Fsp3) is 1.00. The van der Waals surface area contributed by atoms with Gasteiger partial charge in [0.15, 0.2) is 0 Å². The number of hydrogen-bond acceptors (Lipinski definition) is 3. The summed E-state index contributed by atoms with van der Waals surface area (Å²) in [5.74, 6) is 1.24. The van der Waals surface area contributed by atoms with Crippen LogP contribution in [0.4, 0.5) is 0 Å². The summed E-state index contributed by atoms with van der Waals surface area (Å²) in [6.45, 7) is 6.74. The van der Waals surface area contributed by atoms with Crippen molar-refractivity contribution in [1.82, 2.24) is 5.32 Å². The fourth-order valence-electron chi connectivity index (χ4n) is 1.37. The highest BCUT2D eigenvalue weighted by atomic mass is 32.2. The first-order valence-corrected chi connectivity index (χ1v) is 6.54. The summed E-state index contributed by atoms with van der Waals surface area (Å²) in [6.07, 6.45) is 3.59. The minimum atomic E-state index is -0.112. The van der Waals surface area contributed by atoms with Gasteiger partial charge in [0.25, 0.3) is 0 Å². The average molecular weight is 219 g/mol. The molecule has 2 N–H and O–H groups in total. The Morgan fingerprint density at radius 3 is 2.57 bits per heavy atom. The van der Waals surface area contributed by atoms with Crippen LogP contribution in [0.1, 0.15) is 40.0 Å². The lowest BCUT2D eigenvalue weighted by molar-refractivity contribution is 0.174. The van der Waals surface area contributed by atoms with Gasteiger partial charge in [0.05, 0.1) is 6.61 Å². The lowest BCUT2D eigenvalue weighted by Crippen LogP contribution is -2.45. The van der Waals surface area contributed by atoms with Gasteiger partial charge < -0.3 is 10.4 Å². The van der Waals surface area contributed by atoms with Gasteiger partial charge in [-0.2, -0.15) is 11.8 Å². The topological polar surface area (TPSA) is 32.3 Å². The van der Waals surface area contributed by atoms with Gasteiger partial charge in [0, 0.05) is 10.8 Å². The van der Waals surface area contributed by atoms with Crippen molar-refractivity contribution in [2.24, 2.45) is 0 Å². The number of aliphatic hydroxyl groups excluding tert-OH is 1. The summed E-state index contributed by atoms with van der Waals surface area (Å²) in [4.78, 5) is 0. The third-order valence-electron chi connectivity index (χ3n) is 2.59. The van der Waals surface area contributed by atoms with Crippen LogP contribution in [0.25, 0.3) is 0 Å². The van der Waals surface area contributed by atoms with Gasteiger partial charge in [0.1, 0.15) is 0 Å². The minimum absolute atomic E-state index is 0.112. The average Bonchev–Trinajstić information content (AvgIpc) is 2.18. The standard InChI is InChI=1S/C11H25NOS/c1-5-6-7-14-10(2)8-11(3,9-13)12-4/h10,12-13H,5-9H2,1-4H3. The van der Waals surface area contributed by atoms with Crippen LogP contribution >= 0.6 is 11.8 Å². The Bertz CT molecular complexity index is 137. The summed E-state index contributed by atoms with van der Waals surface area (Å²) < 4.78 is 0. The number of rotatable bonds is 8. The van der Waals surface area contributed by atoms with E-state index in [1.807, 2.05) is 18.8 Å².